The Hall–Kier alpha value is -2.95. The number of hydrogen-bond acceptors (Lipinski definition) is 3. The molecule has 2 aromatic carbocycles. The second-order valence-electron chi connectivity index (χ2n) is 6.55. The number of aromatic nitrogens is 1. The summed E-state index contributed by atoms with van der Waals surface area (Å²) < 4.78 is 13.4. The first-order valence-corrected chi connectivity index (χ1v) is 8.78. The van der Waals surface area contributed by atoms with E-state index in [1.165, 1.54) is 12.1 Å². The van der Waals surface area contributed by atoms with E-state index in [0.717, 1.165) is 40.9 Å². The molecule has 3 aromatic rings. The Bertz CT molecular complexity index is 947. The van der Waals surface area contributed by atoms with Gasteiger partial charge in [-0.2, -0.15) is 0 Å². The van der Waals surface area contributed by atoms with Crippen LogP contribution in [0.2, 0.25) is 0 Å². The van der Waals surface area contributed by atoms with Crippen LogP contribution in [0.3, 0.4) is 0 Å². The van der Waals surface area contributed by atoms with Gasteiger partial charge in [-0.25, -0.2) is 9.37 Å². The zero-order chi connectivity index (χ0) is 18.1. The van der Waals surface area contributed by atoms with Gasteiger partial charge in [0.25, 0.3) is 0 Å². The number of anilines is 1. The summed E-state index contributed by atoms with van der Waals surface area (Å²) in [6.45, 7) is 4.52. The quantitative estimate of drug-likeness (QED) is 0.708. The van der Waals surface area contributed by atoms with E-state index in [2.05, 4.69) is 11.0 Å². The summed E-state index contributed by atoms with van der Waals surface area (Å²) in [6.07, 6.45) is 0. The number of benzene rings is 2. The molecular weight excluding hydrogens is 329 g/mol. The van der Waals surface area contributed by atoms with Crippen molar-refractivity contribution in [2.24, 2.45) is 0 Å². The summed E-state index contributed by atoms with van der Waals surface area (Å²) in [5.74, 6) is -0.147. The zero-order valence-corrected chi connectivity index (χ0v) is 14.7. The molecular formula is C21H20FN3O. The Morgan fingerprint density at radius 2 is 1.69 bits per heavy atom. The largest absolute Gasteiger partial charge is 0.366 e. The number of piperazine rings is 1. The molecule has 0 aliphatic carbocycles. The minimum atomic E-state index is -0.258. The maximum Gasteiger partial charge on any atom is 0.219 e. The maximum absolute atomic E-state index is 13.4. The lowest BCUT2D eigenvalue weighted by Crippen LogP contribution is -2.48. The van der Waals surface area contributed by atoms with Crippen LogP contribution in [0.1, 0.15) is 6.92 Å². The summed E-state index contributed by atoms with van der Waals surface area (Å²) in [5.41, 5.74) is 3.68. The topological polar surface area (TPSA) is 36.4 Å². The fourth-order valence-electron chi connectivity index (χ4n) is 3.43. The van der Waals surface area contributed by atoms with Crippen molar-refractivity contribution in [2.75, 3.05) is 31.1 Å². The molecule has 1 amide bonds. The zero-order valence-electron chi connectivity index (χ0n) is 14.7. The second-order valence-corrected chi connectivity index (χ2v) is 6.55. The molecule has 0 bridgehead atoms. The van der Waals surface area contributed by atoms with Crippen LogP contribution in [-0.2, 0) is 4.79 Å². The van der Waals surface area contributed by atoms with Gasteiger partial charge < -0.3 is 9.80 Å². The van der Waals surface area contributed by atoms with Crippen molar-refractivity contribution in [2.45, 2.75) is 6.92 Å². The van der Waals surface area contributed by atoms with Gasteiger partial charge >= 0.3 is 0 Å². The van der Waals surface area contributed by atoms with Gasteiger partial charge in [-0.1, -0.05) is 18.2 Å². The Kier molecular flexibility index (Phi) is 4.29. The normalized spacial score (nSPS) is 14.7. The fraction of sp³-hybridized carbons (Fsp3) is 0.238. The summed E-state index contributed by atoms with van der Waals surface area (Å²) in [4.78, 5) is 20.6. The molecule has 1 aromatic heterocycles. The monoisotopic (exact) mass is 349 g/mol. The molecule has 5 heteroatoms. The Morgan fingerprint density at radius 3 is 2.38 bits per heavy atom. The molecule has 0 saturated carbocycles. The third-order valence-electron chi connectivity index (χ3n) is 4.89. The van der Waals surface area contributed by atoms with Crippen molar-refractivity contribution < 1.29 is 9.18 Å². The molecule has 4 rings (SSSR count). The molecule has 1 aliphatic heterocycles. The standard InChI is InChI=1S/C21H20FN3O/c1-15(26)24-10-12-25(13-11-24)20-14-17-4-2-3-5-19(17)23-21(20)16-6-8-18(22)9-7-16/h2-9,14H,10-13H2,1H3. The number of hydrogen-bond donors (Lipinski definition) is 0. The highest BCUT2D eigenvalue weighted by atomic mass is 19.1. The van der Waals surface area contributed by atoms with E-state index in [1.54, 1.807) is 19.1 Å². The van der Waals surface area contributed by atoms with Gasteiger partial charge in [0, 0.05) is 44.1 Å². The molecule has 132 valence electrons. The molecule has 0 spiro atoms. The molecule has 0 radical (unpaired) electrons. The molecule has 0 N–H and O–H groups in total. The lowest BCUT2D eigenvalue weighted by atomic mass is 10.1. The number of rotatable bonds is 2. The molecule has 2 heterocycles. The summed E-state index contributed by atoms with van der Waals surface area (Å²) >= 11 is 0. The number of para-hydroxylation sites is 1. The minimum Gasteiger partial charge on any atom is -0.366 e. The van der Waals surface area contributed by atoms with E-state index >= 15 is 0 Å². The highest BCUT2D eigenvalue weighted by Gasteiger charge is 2.22. The van der Waals surface area contributed by atoms with Crippen LogP contribution in [0, 0.1) is 5.82 Å². The first-order valence-electron chi connectivity index (χ1n) is 8.78. The van der Waals surface area contributed by atoms with Crippen LogP contribution >= 0.6 is 0 Å². The van der Waals surface area contributed by atoms with Crippen LogP contribution in [-0.4, -0.2) is 42.0 Å². The van der Waals surface area contributed by atoms with E-state index in [4.69, 9.17) is 4.98 Å². The minimum absolute atomic E-state index is 0.111. The number of carbonyl (C=O) groups is 1. The van der Waals surface area contributed by atoms with Gasteiger partial charge in [0.15, 0.2) is 0 Å². The fourth-order valence-corrected chi connectivity index (χ4v) is 3.43. The van der Waals surface area contributed by atoms with Gasteiger partial charge in [0.05, 0.1) is 16.9 Å². The third kappa shape index (κ3) is 3.12. The van der Waals surface area contributed by atoms with Crippen LogP contribution in [0.15, 0.2) is 54.6 Å². The van der Waals surface area contributed by atoms with Crippen LogP contribution < -0.4 is 4.90 Å². The van der Waals surface area contributed by atoms with Crippen molar-refractivity contribution in [3.8, 4) is 11.3 Å². The number of carbonyl (C=O) groups excluding carboxylic acids is 1. The Morgan fingerprint density at radius 1 is 1.00 bits per heavy atom. The van der Waals surface area contributed by atoms with Crippen molar-refractivity contribution in [3.63, 3.8) is 0 Å². The second kappa shape index (κ2) is 6.75. The first-order chi connectivity index (χ1) is 12.6. The molecule has 4 nitrogen and oxygen atoms in total. The molecule has 1 saturated heterocycles. The number of nitrogens with zero attached hydrogens (tertiary/aromatic N) is 3. The van der Waals surface area contributed by atoms with Gasteiger partial charge in [-0.15, -0.1) is 0 Å². The average molecular weight is 349 g/mol. The van der Waals surface area contributed by atoms with Crippen molar-refractivity contribution in [3.05, 3.63) is 60.4 Å². The number of fused-ring (bicyclic) bond motifs is 1. The Labute approximate surface area is 151 Å². The van der Waals surface area contributed by atoms with Gasteiger partial charge in [-0.3, -0.25) is 4.79 Å². The van der Waals surface area contributed by atoms with Gasteiger partial charge in [0.1, 0.15) is 5.82 Å². The summed E-state index contributed by atoms with van der Waals surface area (Å²) in [7, 11) is 0. The van der Waals surface area contributed by atoms with E-state index < -0.39 is 0 Å². The van der Waals surface area contributed by atoms with Gasteiger partial charge in [0.2, 0.25) is 5.91 Å². The van der Waals surface area contributed by atoms with Crippen molar-refractivity contribution in [1.29, 1.82) is 0 Å². The predicted octanol–water partition coefficient (Wildman–Crippen LogP) is 3.71. The van der Waals surface area contributed by atoms with Crippen LogP contribution in [0.4, 0.5) is 10.1 Å². The maximum atomic E-state index is 13.4. The molecule has 26 heavy (non-hydrogen) atoms. The molecule has 0 atom stereocenters. The average Bonchev–Trinajstić information content (AvgIpc) is 2.68. The lowest BCUT2D eigenvalue weighted by molar-refractivity contribution is -0.129. The first kappa shape index (κ1) is 16.5. The molecule has 1 aliphatic rings. The van der Waals surface area contributed by atoms with Crippen LogP contribution in [0.5, 0.6) is 0 Å². The molecule has 0 unspecified atom stereocenters. The summed E-state index contributed by atoms with van der Waals surface area (Å²) in [6, 6.07) is 16.6. The predicted molar refractivity (Wildman–Crippen MR) is 102 cm³/mol. The number of amides is 1. The van der Waals surface area contributed by atoms with E-state index in [9.17, 15) is 9.18 Å². The SMILES string of the molecule is CC(=O)N1CCN(c2cc3ccccc3nc2-c2ccc(F)cc2)CC1. The van der Waals surface area contributed by atoms with E-state index in [-0.39, 0.29) is 11.7 Å². The highest BCUT2D eigenvalue weighted by Crippen LogP contribution is 2.33. The summed E-state index contributed by atoms with van der Waals surface area (Å²) in [5, 5.41) is 1.07. The third-order valence-corrected chi connectivity index (χ3v) is 4.89. The highest BCUT2D eigenvalue weighted by molar-refractivity contribution is 5.89. The number of pyridine rings is 1. The lowest BCUT2D eigenvalue weighted by Gasteiger charge is -2.36. The van der Waals surface area contributed by atoms with Crippen molar-refractivity contribution >= 4 is 22.5 Å². The van der Waals surface area contributed by atoms with Gasteiger partial charge in [-0.05, 0) is 36.4 Å². The smallest absolute Gasteiger partial charge is 0.219 e. The van der Waals surface area contributed by atoms with Crippen LogP contribution in [0.25, 0.3) is 22.2 Å². The van der Waals surface area contributed by atoms with E-state index in [0.29, 0.717) is 13.1 Å². The van der Waals surface area contributed by atoms with Crippen molar-refractivity contribution in [1.82, 2.24) is 9.88 Å². The number of halogens is 1. The van der Waals surface area contributed by atoms with E-state index in [1.807, 2.05) is 29.2 Å². The molecule has 1 fully saturated rings. The Balaban J connectivity index is 1.78.